The Morgan fingerprint density at radius 3 is 2.19 bits per heavy atom. The molecule has 0 aliphatic rings. The molecule has 0 bridgehead atoms. The third kappa shape index (κ3) is 5.12. The van der Waals surface area contributed by atoms with Gasteiger partial charge in [-0.3, -0.25) is 0 Å². The zero-order valence-electron chi connectivity index (χ0n) is 12.7. The number of ether oxygens (including phenoxy) is 2. The molecule has 112 valence electrons. The largest absolute Gasteiger partial charge is 0.488 e. The van der Waals surface area contributed by atoms with E-state index < -0.39 is 0 Å². The van der Waals surface area contributed by atoms with Crippen LogP contribution < -0.4 is 15.2 Å². The fourth-order valence-corrected chi connectivity index (χ4v) is 2.14. The zero-order valence-corrected chi connectivity index (χ0v) is 12.7. The fraction of sp³-hybridized carbons (Fsp3) is 0.333. The second-order valence-electron chi connectivity index (χ2n) is 5.56. The first kappa shape index (κ1) is 15.4. The van der Waals surface area contributed by atoms with Crippen molar-refractivity contribution in [2.45, 2.75) is 26.3 Å². The second-order valence-corrected chi connectivity index (χ2v) is 5.56. The Hall–Kier alpha value is -2.00. The summed E-state index contributed by atoms with van der Waals surface area (Å²) in [6, 6.07) is 17.4. The van der Waals surface area contributed by atoms with E-state index in [0.29, 0.717) is 18.3 Å². The van der Waals surface area contributed by atoms with Crippen molar-refractivity contribution in [2.24, 2.45) is 11.7 Å². The Balaban J connectivity index is 2.00. The van der Waals surface area contributed by atoms with Crippen LogP contribution in [0.3, 0.4) is 0 Å². The molecule has 2 rings (SSSR count). The molecule has 0 radical (unpaired) electrons. The van der Waals surface area contributed by atoms with Crippen LogP contribution in [0.2, 0.25) is 0 Å². The normalized spacial score (nSPS) is 12.2. The number of hydrogen-bond donors (Lipinski definition) is 1. The van der Waals surface area contributed by atoms with Gasteiger partial charge in [0.25, 0.3) is 0 Å². The van der Waals surface area contributed by atoms with Crippen LogP contribution in [0.15, 0.2) is 54.6 Å². The second kappa shape index (κ2) is 7.70. The van der Waals surface area contributed by atoms with Crippen LogP contribution in [0, 0.1) is 5.92 Å². The molecule has 0 saturated heterocycles. The Morgan fingerprint density at radius 2 is 1.52 bits per heavy atom. The number of nitrogens with two attached hydrogens (primary N) is 1. The van der Waals surface area contributed by atoms with Crippen LogP contribution in [0.1, 0.15) is 20.3 Å². The molecule has 0 amide bonds. The third-order valence-corrected chi connectivity index (χ3v) is 3.05. The maximum Gasteiger partial charge on any atom is 0.169 e. The fourth-order valence-electron chi connectivity index (χ4n) is 2.14. The van der Waals surface area contributed by atoms with Gasteiger partial charge in [-0.2, -0.15) is 0 Å². The number of benzene rings is 2. The molecule has 0 fully saturated rings. The van der Waals surface area contributed by atoms with Gasteiger partial charge in [0.15, 0.2) is 11.5 Å². The molecular weight excluding hydrogens is 262 g/mol. The van der Waals surface area contributed by atoms with Crippen LogP contribution in [0.5, 0.6) is 17.2 Å². The van der Waals surface area contributed by atoms with E-state index in [0.717, 1.165) is 17.9 Å². The topological polar surface area (TPSA) is 44.5 Å². The van der Waals surface area contributed by atoms with Crippen molar-refractivity contribution in [3.05, 3.63) is 54.6 Å². The minimum absolute atomic E-state index is 0.0368. The lowest BCUT2D eigenvalue weighted by Gasteiger charge is -2.17. The van der Waals surface area contributed by atoms with Gasteiger partial charge in [0.2, 0.25) is 0 Å². The molecule has 1 atom stereocenters. The van der Waals surface area contributed by atoms with Crippen molar-refractivity contribution in [1.82, 2.24) is 0 Å². The first-order valence-electron chi connectivity index (χ1n) is 7.35. The Morgan fingerprint density at radius 1 is 0.905 bits per heavy atom. The predicted molar refractivity (Wildman–Crippen MR) is 85.9 cm³/mol. The van der Waals surface area contributed by atoms with Gasteiger partial charge in [0.05, 0.1) is 0 Å². The standard InChI is InChI=1S/C18H23NO2/c1-14(2)12-15(19)13-20-17-10-6-7-11-18(17)21-16-8-4-3-5-9-16/h3-11,14-15H,12-13,19H2,1-2H3/t15-/m1/s1. The van der Waals surface area contributed by atoms with E-state index in [1.807, 2.05) is 54.6 Å². The molecule has 0 aliphatic carbocycles. The first-order valence-corrected chi connectivity index (χ1v) is 7.35. The molecule has 0 saturated carbocycles. The van der Waals surface area contributed by atoms with Crippen molar-refractivity contribution in [3.63, 3.8) is 0 Å². The summed E-state index contributed by atoms with van der Waals surface area (Å²) in [5.41, 5.74) is 6.06. The highest BCUT2D eigenvalue weighted by molar-refractivity contribution is 5.42. The Labute approximate surface area is 126 Å². The summed E-state index contributed by atoms with van der Waals surface area (Å²) in [7, 11) is 0. The highest BCUT2D eigenvalue weighted by atomic mass is 16.5. The van der Waals surface area contributed by atoms with Crippen molar-refractivity contribution in [3.8, 4) is 17.2 Å². The lowest BCUT2D eigenvalue weighted by molar-refractivity contribution is 0.262. The van der Waals surface area contributed by atoms with Crippen molar-refractivity contribution in [1.29, 1.82) is 0 Å². The molecular formula is C18H23NO2. The maximum absolute atomic E-state index is 6.06. The predicted octanol–water partition coefficient (Wildman–Crippen LogP) is 4.23. The minimum Gasteiger partial charge on any atom is -0.488 e. The Kier molecular flexibility index (Phi) is 5.64. The molecule has 21 heavy (non-hydrogen) atoms. The molecule has 0 aliphatic heterocycles. The van der Waals surface area contributed by atoms with Gasteiger partial charge in [-0.25, -0.2) is 0 Å². The van der Waals surface area contributed by atoms with E-state index in [1.54, 1.807) is 0 Å². The molecule has 2 aromatic rings. The van der Waals surface area contributed by atoms with Gasteiger partial charge < -0.3 is 15.2 Å². The molecule has 3 heteroatoms. The molecule has 3 nitrogen and oxygen atoms in total. The highest BCUT2D eigenvalue weighted by Gasteiger charge is 2.10. The van der Waals surface area contributed by atoms with Crippen LogP contribution in [-0.4, -0.2) is 12.6 Å². The Bertz CT molecular complexity index is 540. The van der Waals surface area contributed by atoms with Gasteiger partial charge in [0.1, 0.15) is 12.4 Å². The summed E-state index contributed by atoms with van der Waals surface area (Å²) in [5, 5.41) is 0. The van der Waals surface area contributed by atoms with Crippen LogP contribution >= 0.6 is 0 Å². The van der Waals surface area contributed by atoms with Crippen molar-refractivity contribution in [2.75, 3.05) is 6.61 Å². The van der Waals surface area contributed by atoms with Gasteiger partial charge in [-0.05, 0) is 36.6 Å². The van der Waals surface area contributed by atoms with Crippen LogP contribution in [0.25, 0.3) is 0 Å². The van der Waals surface area contributed by atoms with Crippen LogP contribution in [0.4, 0.5) is 0 Å². The third-order valence-electron chi connectivity index (χ3n) is 3.05. The lowest BCUT2D eigenvalue weighted by Crippen LogP contribution is -2.29. The summed E-state index contributed by atoms with van der Waals surface area (Å²) >= 11 is 0. The molecule has 0 aromatic heterocycles. The summed E-state index contributed by atoms with van der Waals surface area (Å²) < 4.78 is 11.7. The van der Waals surface area contributed by atoms with Crippen molar-refractivity contribution < 1.29 is 9.47 Å². The highest BCUT2D eigenvalue weighted by Crippen LogP contribution is 2.31. The first-order chi connectivity index (χ1) is 10.1. The quantitative estimate of drug-likeness (QED) is 0.828. The maximum atomic E-state index is 6.06. The average molecular weight is 285 g/mol. The summed E-state index contributed by atoms with van der Waals surface area (Å²) in [4.78, 5) is 0. The molecule has 2 N–H and O–H groups in total. The molecule has 0 heterocycles. The average Bonchev–Trinajstić information content (AvgIpc) is 2.47. The van der Waals surface area contributed by atoms with E-state index in [4.69, 9.17) is 15.2 Å². The SMILES string of the molecule is CC(C)C[C@@H](N)COc1ccccc1Oc1ccccc1. The minimum atomic E-state index is 0.0368. The van der Waals surface area contributed by atoms with Gasteiger partial charge >= 0.3 is 0 Å². The van der Waals surface area contributed by atoms with Crippen LogP contribution in [-0.2, 0) is 0 Å². The van der Waals surface area contributed by atoms with Gasteiger partial charge in [0, 0.05) is 6.04 Å². The summed E-state index contributed by atoms with van der Waals surface area (Å²) in [6.45, 7) is 4.81. The van der Waals surface area contributed by atoms with E-state index in [1.165, 1.54) is 0 Å². The van der Waals surface area contributed by atoms with E-state index in [2.05, 4.69) is 13.8 Å². The molecule has 0 unspecified atom stereocenters. The van der Waals surface area contributed by atoms with Gasteiger partial charge in [-0.15, -0.1) is 0 Å². The smallest absolute Gasteiger partial charge is 0.169 e. The lowest BCUT2D eigenvalue weighted by atomic mass is 10.1. The van der Waals surface area contributed by atoms with Crippen molar-refractivity contribution >= 4 is 0 Å². The number of rotatable bonds is 7. The van der Waals surface area contributed by atoms with Gasteiger partial charge in [-0.1, -0.05) is 44.2 Å². The molecule has 0 spiro atoms. The molecule has 2 aromatic carbocycles. The number of hydrogen-bond acceptors (Lipinski definition) is 3. The summed E-state index contributed by atoms with van der Waals surface area (Å²) in [6.07, 6.45) is 0.946. The van der Waals surface area contributed by atoms with E-state index in [-0.39, 0.29) is 6.04 Å². The van der Waals surface area contributed by atoms with E-state index >= 15 is 0 Å². The monoisotopic (exact) mass is 285 g/mol. The zero-order chi connectivity index (χ0) is 15.1. The van der Waals surface area contributed by atoms with E-state index in [9.17, 15) is 0 Å². The summed E-state index contributed by atoms with van der Waals surface area (Å²) in [5.74, 6) is 2.79. The number of para-hydroxylation sites is 3.